The Morgan fingerprint density at radius 2 is 2.19 bits per heavy atom. The molecule has 0 radical (unpaired) electrons. The van der Waals surface area contributed by atoms with Crippen molar-refractivity contribution in [2.45, 2.75) is 33.2 Å². The average molecular weight is 217 g/mol. The van der Waals surface area contributed by atoms with Crippen molar-refractivity contribution in [3.8, 4) is 0 Å². The molecule has 0 aliphatic heterocycles. The van der Waals surface area contributed by atoms with Gasteiger partial charge in [-0.25, -0.2) is 0 Å². The lowest BCUT2D eigenvalue weighted by molar-refractivity contribution is 0.511. The third-order valence-corrected chi connectivity index (χ3v) is 3.04. The van der Waals surface area contributed by atoms with Gasteiger partial charge in [-0.3, -0.25) is 5.10 Å². The maximum absolute atomic E-state index is 4.02. The molecule has 2 aromatic rings. The molecule has 1 heterocycles. The molecule has 86 valence electrons. The summed E-state index contributed by atoms with van der Waals surface area (Å²) in [4.78, 5) is 0. The molecule has 0 spiro atoms. The van der Waals surface area contributed by atoms with Gasteiger partial charge in [0.15, 0.2) is 0 Å². The van der Waals surface area contributed by atoms with E-state index in [4.69, 9.17) is 0 Å². The van der Waals surface area contributed by atoms with Gasteiger partial charge in [-0.15, -0.1) is 0 Å². The summed E-state index contributed by atoms with van der Waals surface area (Å²) in [5.74, 6) is 0.641. The number of nitrogens with zero attached hydrogens (tertiary/aromatic N) is 1. The predicted molar refractivity (Wildman–Crippen MR) is 68.6 cm³/mol. The number of fused-ring (bicyclic) bond motifs is 1. The Morgan fingerprint density at radius 3 is 2.88 bits per heavy atom. The number of H-pyrrole nitrogens is 1. The van der Waals surface area contributed by atoms with Crippen molar-refractivity contribution in [2.75, 3.05) is 5.32 Å². The standard InChI is InChI=1S/C13H19N3/c1-4-12(9(2)3)15-11-6-5-10-8-14-16-13(10)7-11/h5-9,12,15H,4H2,1-3H3,(H,14,16). The van der Waals surface area contributed by atoms with E-state index in [0.717, 1.165) is 23.0 Å². The van der Waals surface area contributed by atoms with Crippen LogP contribution in [0.25, 0.3) is 10.9 Å². The fourth-order valence-electron chi connectivity index (χ4n) is 1.98. The first-order chi connectivity index (χ1) is 7.70. The SMILES string of the molecule is CCC(Nc1ccc2cn[nH]c2c1)C(C)C. The monoisotopic (exact) mass is 217 g/mol. The van der Waals surface area contributed by atoms with Gasteiger partial charge >= 0.3 is 0 Å². The van der Waals surface area contributed by atoms with E-state index in [-0.39, 0.29) is 0 Å². The number of anilines is 1. The maximum Gasteiger partial charge on any atom is 0.0670 e. The van der Waals surface area contributed by atoms with Crippen molar-refractivity contribution in [1.82, 2.24) is 10.2 Å². The maximum atomic E-state index is 4.02. The molecule has 1 atom stereocenters. The highest BCUT2D eigenvalue weighted by molar-refractivity contribution is 5.81. The van der Waals surface area contributed by atoms with Gasteiger partial charge in [0.25, 0.3) is 0 Å². The number of hydrogen-bond donors (Lipinski definition) is 2. The van der Waals surface area contributed by atoms with Gasteiger partial charge in [0.1, 0.15) is 0 Å². The molecular formula is C13H19N3. The number of aromatic amines is 1. The molecule has 0 saturated carbocycles. The summed E-state index contributed by atoms with van der Waals surface area (Å²) in [6.07, 6.45) is 2.98. The first-order valence-corrected chi connectivity index (χ1v) is 5.90. The summed E-state index contributed by atoms with van der Waals surface area (Å²) in [5, 5.41) is 11.7. The molecule has 0 aliphatic carbocycles. The Bertz CT molecular complexity index is 459. The Kier molecular flexibility index (Phi) is 3.13. The summed E-state index contributed by atoms with van der Waals surface area (Å²) < 4.78 is 0. The first-order valence-electron chi connectivity index (χ1n) is 5.90. The molecule has 0 bridgehead atoms. The molecule has 0 saturated heterocycles. The van der Waals surface area contributed by atoms with E-state index in [1.807, 2.05) is 6.20 Å². The van der Waals surface area contributed by atoms with Crippen molar-refractivity contribution < 1.29 is 0 Å². The lowest BCUT2D eigenvalue weighted by Gasteiger charge is -2.21. The third kappa shape index (κ3) is 2.18. The Hall–Kier alpha value is -1.51. The fourth-order valence-corrected chi connectivity index (χ4v) is 1.98. The van der Waals surface area contributed by atoms with E-state index in [2.05, 4.69) is 54.5 Å². The average Bonchev–Trinajstić information content (AvgIpc) is 2.72. The molecule has 2 N–H and O–H groups in total. The van der Waals surface area contributed by atoms with Gasteiger partial charge in [-0.05, 0) is 30.5 Å². The number of rotatable bonds is 4. The third-order valence-electron chi connectivity index (χ3n) is 3.04. The normalized spacial score (nSPS) is 13.2. The van der Waals surface area contributed by atoms with E-state index in [9.17, 15) is 0 Å². The minimum absolute atomic E-state index is 0.528. The fraction of sp³-hybridized carbons (Fsp3) is 0.462. The number of benzene rings is 1. The highest BCUT2D eigenvalue weighted by Crippen LogP contribution is 2.19. The van der Waals surface area contributed by atoms with Gasteiger partial charge in [0.05, 0.1) is 11.7 Å². The second-order valence-electron chi connectivity index (χ2n) is 4.58. The summed E-state index contributed by atoms with van der Waals surface area (Å²) in [5.41, 5.74) is 2.25. The highest BCUT2D eigenvalue weighted by atomic mass is 15.1. The van der Waals surface area contributed by atoms with E-state index in [1.54, 1.807) is 0 Å². The van der Waals surface area contributed by atoms with Crippen LogP contribution in [0, 0.1) is 5.92 Å². The van der Waals surface area contributed by atoms with E-state index in [1.165, 1.54) is 0 Å². The smallest absolute Gasteiger partial charge is 0.0670 e. The molecule has 16 heavy (non-hydrogen) atoms. The zero-order valence-electron chi connectivity index (χ0n) is 10.1. The molecular weight excluding hydrogens is 198 g/mol. The van der Waals surface area contributed by atoms with Gasteiger partial charge in [-0.2, -0.15) is 5.10 Å². The zero-order chi connectivity index (χ0) is 11.5. The van der Waals surface area contributed by atoms with Crippen LogP contribution in [-0.2, 0) is 0 Å². The van der Waals surface area contributed by atoms with Gasteiger partial charge < -0.3 is 5.32 Å². The lowest BCUT2D eigenvalue weighted by atomic mass is 10.0. The second-order valence-corrected chi connectivity index (χ2v) is 4.58. The predicted octanol–water partition coefficient (Wildman–Crippen LogP) is 3.41. The molecule has 1 aromatic carbocycles. The van der Waals surface area contributed by atoms with Crippen LogP contribution in [0.2, 0.25) is 0 Å². The first kappa shape index (κ1) is 11.0. The summed E-state index contributed by atoms with van der Waals surface area (Å²) in [6.45, 7) is 6.71. The number of aromatic nitrogens is 2. The van der Waals surface area contributed by atoms with Crippen LogP contribution >= 0.6 is 0 Å². The van der Waals surface area contributed by atoms with Crippen LogP contribution < -0.4 is 5.32 Å². The molecule has 0 amide bonds. The quantitative estimate of drug-likeness (QED) is 0.824. The van der Waals surface area contributed by atoms with Crippen molar-refractivity contribution >= 4 is 16.6 Å². The minimum atomic E-state index is 0.528. The molecule has 2 rings (SSSR count). The molecule has 1 unspecified atom stereocenters. The van der Waals surface area contributed by atoms with Crippen LogP contribution in [0.1, 0.15) is 27.2 Å². The van der Waals surface area contributed by atoms with E-state index in [0.29, 0.717) is 12.0 Å². The van der Waals surface area contributed by atoms with Crippen molar-refractivity contribution in [3.05, 3.63) is 24.4 Å². The Labute approximate surface area is 96.2 Å². The van der Waals surface area contributed by atoms with Crippen molar-refractivity contribution in [1.29, 1.82) is 0 Å². The Balaban J connectivity index is 2.19. The van der Waals surface area contributed by atoms with Gasteiger partial charge in [0, 0.05) is 17.1 Å². The second kappa shape index (κ2) is 4.56. The largest absolute Gasteiger partial charge is 0.382 e. The summed E-state index contributed by atoms with van der Waals surface area (Å²) >= 11 is 0. The van der Waals surface area contributed by atoms with Crippen LogP contribution in [0.3, 0.4) is 0 Å². The number of nitrogens with one attached hydrogen (secondary N) is 2. The van der Waals surface area contributed by atoms with Crippen LogP contribution in [-0.4, -0.2) is 16.2 Å². The molecule has 3 nitrogen and oxygen atoms in total. The zero-order valence-corrected chi connectivity index (χ0v) is 10.1. The number of hydrogen-bond acceptors (Lipinski definition) is 2. The van der Waals surface area contributed by atoms with E-state index < -0.39 is 0 Å². The lowest BCUT2D eigenvalue weighted by Crippen LogP contribution is -2.24. The molecule has 0 aliphatic rings. The Morgan fingerprint density at radius 1 is 1.38 bits per heavy atom. The van der Waals surface area contributed by atoms with Gasteiger partial charge in [-0.1, -0.05) is 20.8 Å². The molecule has 1 aromatic heterocycles. The summed E-state index contributed by atoms with van der Waals surface area (Å²) in [7, 11) is 0. The molecule has 3 heteroatoms. The van der Waals surface area contributed by atoms with Crippen molar-refractivity contribution in [3.63, 3.8) is 0 Å². The topological polar surface area (TPSA) is 40.7 Å². The van der Waals surface area contributed by atoms with Crippen LogP contribution in [0.15, 0.2) is 24.4 Å². The summed E-state index contributed by atoms with van der Waals surface area (Å²) in [6, 6.07) is 6.85. The van der Waals surface area contributed by atoms with Crippen LogP contribution in [0.4, 0.5) is 5.69 Å². The minimum Gasteiger partial charge on any atom is -0.382 e. The van der Waals surface area contributed by atoms with E-state index >= 15 is 0 Å². The van der Waals surface area contributed by atoms with Crippen LogP contribution in [0.5, 0.6) is 0 Å². The van der Waals surface area contributed by atoms with Crippen molar-refractivity contribution in [2.24, 2.45) is 5.92 Å². The molecule has 0 fully saturated rings. The van der Waals surface area contributed by atoms with Gasteiger partial charge in [0.2, 0.25) is 0 Å². The highest BCUT2D eigenvalue weighted by Gasteiger charge is 2.10.